The van der Waals surface area contributed by atoms with Crippen LogP contribution in [0.3, 0.4) is 0 Å². The Balaban J connectivity index is 2.36. The molecule has 5 heteroatoms. The Bertz CT molecular complexity index is 437. The van der Waals surface area contributed by atoms with E-state index in [1.807, 2.05) is 4.90 Å². The molecule has 0 spiro atoms. The number of anilines is 1. The van der Waals surface area contributed by atoms with E-state index >= 15 is 0 Å². The molecule has 100 valence electrons. The Kier molecular flexibility index (Phi) is 4.22. The molecule has 1 N–H and O–H groups in total. The van der Waals surface area contributed by atoms with Crippen LogP contribution in [0.25, 0.3) is 0 Å². The lowest BCUT2D eigenvalue weighted by Crippen LogP contribution is -2.54. The zero-order chi connectivity index (χ0) is 13.3. The third-order valence-electron chi connectivity index (χ3n) is 3.35. The number of nitrogens with zero attached hydrogens (tertiary/aromatic N) is 1. The quantitative estimate of drug-likeness (QED) is 0.843. The van der Waals surface area contributed by atoms with Crippen LogP contribution in [0.5, 0.6) is 0 Å². The maximum absolute atomic E-state index is 14.0. The molecule has 0 bridgehead atoms. The molecule has 1 atom stereocenters. The molecule has 1 aromatic rings. The smallest absolute Gasteiger partial charge is 0.147 e. The van der Waals surface area contributed by atoms with Gasteiger partial charge in [-0.15, -0.1) is 0 Å². The van der Waals surface area contributed by atoms with Crippen LogP contribution in [0.4, 0.5) is 14.5 Å². The lowest BCUT2D eigenvalue weighted by molar-refractivity contribution is 0.386. The number of benzene rings is 1. The summed E-state index contributed by atoms with van der Waals surface area (Å²) < 4.78 is 27.7. The van der Waals surface area contributed by atoms with Crippen LogP contribution in [-0.2, 0) is 0 Å². The second-order valence-corrected chi connectivity index (χ2v) is 5.78. The van der Waals surface area contributed by atoms with Crippen molar-refractivity contribution in [3.8, 4) is 0 Å². The summed E-state index contributed by atoms with van der Waals surface area (Å²) in [6, 6.07) is 2.67. The molecule has 1 fully saturated rings. The Labute approximate surface area is 114 Å². The molecule has 1 unspecified atom stereocenters. The van der Waals surface area contributed by atoms with Gasteiger partial charge in [0, 0.05) is 31.7 Å². The Morgan fingerprint density at radius 2 is 2.06 bits per heavy atom. The van der Waals surface area contributed by atoms with Crippen LogP contribution in [0, 0.1) is 17.6 Å². The largest absolute Gasteiger partial charge is 0.363 e. The van der Waals surface area contributed by atoms with Crippen LogP contribution < -0.4 is 10.2 Å². The van der Waals surface area contributed by atoms with Crippen molar-refractivity contribution in [2.75, 3.05) is 24.5 Å². The SMILES string of the molecule is CC(C)C1CNCCN1c1cc(F)c(Br)cc1F. The normalized spacial score (nSPS) is 20.6. The second-order valence-electron chi connectivity index (χ2n) is 4.93. The van der Waals surface area contributed by atoms with Crippen molar-refractivity contribution in [2.45, 2.75) is 19.9 Å². The van der Waals surface area contributed by atoms with E-state index in [0.29, 0.717) is 18.2 Å². The zero-order valence-corrected chi connectivity index (χ0v) is 12.1. The van der Waals surface area contributed by atoms with Crippen molar-refractivity contribution in [1.82, 2.24) is 5.32 Å². The number of nitrogens with one attached hydrogen (secondary N) is 1. The first-order valence-corrected chi connectivity index (χ1v) is 6.92. The second kappa shape index (κ2) is 5.53. The molecule has 0 aromatic heterocycles. The van der Waals surface area contributed by atoms with Crippen molar-refractivity contribution in [3.05, 3.63) is 28.2 Å². The minimum atomic E-state index is -0.424. The Morgan fingerprint density at radius 1 is 1.33 bits per heavy atom. The minimum absolute atomic E-state index is 0.167. The fourth-order valence-electron chi connectivity index (χ4n) is 2.35. The molecule has 1 heterocycles. The van der Waals surface area contributed by atoms with Gasteiger partial charge in [0.05, 0.1) is 10.2 Å². The van der Waals surface area contributed by atoms with Crippen molar-refractivity contribution < 1.29 is 8.78 Å². The van der Waals surface area contributed by atoms with E-state index in [1.54, 1.807) is 0 Å². The molecule has 2 rings (SSSR count). The highest BCUT2D eigenvalue weighted by molar-refractivity contribution is 9.10. The topological polar surface area (TPSA) is 15.3 Å². The van der Waals surface area contributed by atoms with Gasteiger partial charge in [-0.05, 0) is 27.9 Å². The zero-order valence-electron chi connectivity index (χ0n) is 10.5. The van der Waals surface area contributed by atoms with Crippen LogP contribution in [-0.4, -0.2) is 25.7 Å². The third-order valence-corrected chi connectivity index (χ3v) is 3.96. The van der Waals surface area contributed by atoms with Crippen molar-refractivity contribution in [1.29, 1.82) is 0 Å². The van der Waals surface area contributed by atoms with Crippen LogP contribution in [0.1, 0.15) is 13.8 Å². The van der Waals surface area contributed by atoms with Gasteiger partial charge >= 0.3 is 0 Å². The van der Waals surface area contributed by atoms with Gasteiger partial charge in [0.25, 0.3) is 0 Å². The molecular formula is C13H17BrF2N2. The van der Waals surface area contributed by atoms with E-state index in [2.05, 4.69) is 35.1 Å². The molecule has 1 saturated heterocycles. The molecule has 0 amide bonds. The molecular weight excluding hydrogens is 302 g/mol. The summed E-state index contributed by atoms with van der Waals surface area (Å²) in [7, 11) is 0. The van der Waals surface area contributed by atoms with E-state index in [0.717, 1.165) is 13.1 Å². The van der Waals surface area contributed by atoms with Gasteiger partial charge in [0.1, 0.15) is 11.6 Å². The molecule has 18 heavy (non-hydrogen) atoms. The van der Waals surface area contributed by atoms with Crippen LogP contribution in [0.2, 0.25) is 0 Å². The van der Waals surface area contributed by atoms with E-state index in [-0.39, 0.29) is 16.3 Å². The van der Waals surface area contributed by atoms with E-state index < -0.39 is 5.82 Å². The maximum atomic E-state index is 14.0. The van der Waals surface area contributed by atoms with Gasteiger partial charge in [-0.3, -0.25) is 0 Å². The molecule has 2 nitrogen and oxygen atoms in total. The predicted octanol–water partition coefficient (Wildman–Crippen LogP) is 3.16. The standard InChI is InChI=1S/C13H17BrF2N2/c1-8(2)13-7-17-3-4-18(13)12-6-10(15)9(14)5-11(12)16/h5-6,8,13,17H,3-4,7H2,1-2H3. The monoisotopic (exact) mass is 318 g/mol. The van der Waals surface area contributed by atoms with Gasteiger partial charge in [-0.25, -0.2) is 8.78 Å². The maximum Gasteiger partial charge on any atom is 0.147 e. The number of hydrogen-bond acceptors (Lipinski definition) is 2. The first-order valence-electron chi connectivity index (χ1n) is 6.12. The van der Waals surface area contributed by atoms with E-state index in [4.69, 9.17) is 0 Å². The average Bonchev–Trinajstić information content (AvgIpc) is 2.34. The van der Waals surface area contributed by atoms with Gasteiger partial charge < -0.3 is 10.2 Å². The summed E-state index contributed by atoms with van der Waals surface area (Å²) in [6.45, 7) is 6.48. The van der Waals surface area contributed by atoms with Crippen molar-refractivity contribution in [3.63, 3.8) is 0 Å². The van der Waals surface area contributed by atoms with Gasteiger partial charge in [0.15, 0.2) is 0 Å². The summed E-state index contributed by atoms with van der Waals surface area (Å²) in [5.41, 5.74) is 0.357. The number of halogens is 3. The molecule has 0 saturated carbocycles. The summed E-state index contributed by atoms with van der Waals surface area (Å²) >= 11 is 3.00. The summed E-state index contributed by atoms with van der Waals surface area (Å²) in [5.74, 6) is -0.424. The number of rotatable bonds is 2. The van der Waals surface area contributed by atoms with Crippen molar-refractivity contribution in [2.24, 2.45) is 5.92 Å². The summed E-state index contributed by atoms with van der Waals surface area (Å²) in [6.07, 6.45) is 0. The lowest BCUT2D eigenvalue weighted by Gasteiger charge is -2.40. The van der Waals surface area contributed by atoms with E-state index in [9.17, 15) is 8.78 Å². The first-order chi connectivity index (χ1) is 8.50. The molecule has 0 aliphatic carbocycles. The number of piperazine rings is 1. The average molecular weight is 319 g/mol. The highest BCUT2D eigenvalue weighted by atomic mass is 79.9. The fourth-order valence-corrected chi connectivity index (χ4v) is 2.67. The minimum Gasteiger partial charge on any atom is -0.363 e. The highest BCUT2D eigenvalue weighted by Crippen LogP contribution is 2.29. The van der Waals surface area contributed by atoms with Gasteiger partial charge in [-0.1, -0.05) is 13.8 Å². The third kappa shape index (κ3) is 2.67. The highest BCUT2D eigenvalue weighted by Gasteiger charge is 2.27. The van der Waals surface area contributed by atoms with Gasteiger partial charge in [-0.2, -0.15) is 0 Å². The summed E-state index contributed by atoms with van der Waals surface area (Å²) in [4.78, 5) is 1.96. The Hall–Kier alpha value is -0.680. The fraction of sp³-hybridized carbons (Fsp3) is 0.538. The first kappa shape index (κ1) is 13.7. The summed E-state index contributed by atoms with van der Waals surface area (Å²) in [5, 5.41) is 3.29. The Morgan fingerprint density at radius 3 is 2.72 bits per heavy atom. The van der Waals surface area contributed by atoms with Crippen LogP contribution >= 0.6 is 15.9 Å². The predicted molar refractivity (Wildman–Crippen MR) is 72.9 cm³/mol. The molecule has 1 aliphatic rings. The molecule has 1 aliphatic heterocycles. The number of hydrogen-bond donors (Lipinski definition) is 1. The molecule has 1 aromatic carbocycles. The van der Waals surface area contributed by atoms with Crippen molar-refractivity contribution >= 4 is 21.6 Å². The molecule has 0 radical (unpaired) electrons. The lowest BCUT2D eigenvalue weighted by atomic mass is 9.99. The van der Waals surface area contributed by atoms with Crippen LogP contribution in [0.15, 0.2) is 16.6 Å². The van der Waals surface area contributed by atoms with E-state index in [1.165, 1.54) is 12.1 Å². The van der Waals surface area contributed by atoms with Gasteiger partial charge in [0.2, 0.25) is 0 Å².